The van der Waals surface area contributed by atoms with E-state index in [1.165, 1.54) is 9.96 Å². The van der Waals surface area contributed by atoms with Gasteiger partial charge in [-0.3, -0.25) is 4.98 Å². The number of aromatic nitrogens is 5. The van der Waals surface area contributed by atoms with Crippen molar-refractivity contribution in [2.45, 2.75) is 25.6 Å². The van der Waals surface area contributed by atoms with Crippen LogP contribution in [0.25, 0.3) is 28.0 Å². The first-order chi connectivity index (χ1) is 17.0. The van der Waals surface area contributed by atoms with E-state index in [1.54, 1.807) is 16.4 Å². The van der Waals surface area contributed by atoms with Crippen LogP contribution in [-0.2, 0) is 5.75 Å². The molecule has 0 bridgehead atoms. The van der Waals surface area contributed by atoms with Crippen LogP contribution in [-0.4, -0.2) is 29.9 Å². The Kier molecular flexibility index (Phi) is 5.18. The lowest BCUT2D eigenvalue weighted by Gasteiger charge is -2.24. The summed E-state index contributed by atoms with van der Waals surface area (Å²) in [6.07, 6.45) is 0. The number of thioether (sulfide) groups is 1. The van der Waals surface area contributed by atoms with Gasteiger partial charge in [0.25, 0.3) is 0 Å². The van der Waals surface area contributed by atoms with Gasteiger partial charge in [-0.25, -0.2) is 18.9 Å². The zero-order valence-corrected chi connectivity index (χ0v) is 20.3. The van der Waals surface area contributed by atoms with E-state index in [0.717, 1.165) is 45.1 Å². The molecule has 1 aliphatic rings. The average molecular weight is 481 g/mol. The first kappa shape index (κ1) is 21.6. The summed E-state index contributed by atoms with van der Waals surface area (Å²) in [5.74, 6) is 1.82. The first-order valence-corrected chi connectivity index (χ1v) is 12.6. The molecule has 6 rings (SSSR count). The summed E-state index contributed by atoms with van der Waals surface area (Å²) < 4.78 is 3.02. The van der Waals surface area contributed by atoms with Gasteiger partial charge in [-0.05, 0) is 42.7 Å². The van der Waals surface area contributed by atoms with E-state index in [2.05, 4.69) is 17.1 Å². The van der Waals surface area contributed by atoms with Crippen molar-refractivity contribution < 1.29 is 0 Å². The third-order valence-corrected chi connectivity index (χ3v) is 7.44. The molecule has 4 heterocycles. The summed E-state index contributed by atoms with van der Waals surface area (Å²) in [7, 11) is 0. The molecule has 0 aliphatic carbocycles. The molecule has 35 heavy (non-hydrogen) atoms. The summed E-state index contributed by atoms with van der Waals surface area (Å²) in [5, 5.41) is 4.93. The van der Waals surface area contributed by atoms with Crippen LogP contribution < -0.4 is 11.4 Å². The highest BCUT2D eigenvalue weighted by atomic mass is 32.2. The number of hydrogen-bond donors (Lipinski definition) is 1. The monoisotopic (exact) mass is 480 g/mol. The van der Waals surface area contributed by atoms with Crippen LogP contribution >= 0.6 is 11.8 Å². The molecule has 2 N–H and O–H groups in total. The molecule has 3 aromatic heterocycles. The number of pyridine rings is 1. The Bertz CT molecular complexity index is 1620. The maximum Gasteiger partial charge on any atom is 0.353 e. The number of aryl methyl sites for hydroxylation is 2. The van der Waals surface area contributed by atoms with Gasteiger partial charge in [-0.1, -0.05) is 54.6 Å². The zero-order valence-electron chi connectivity index (χ0n) is 19.5. The van der Waals surface area contributed by atoms with Crippen molar-refractivity contribution in [2.24, 2.45) is 0 Å². The normalized spacial score (nSPS) is 15.3. The van der Waals surface area contributed by atoms with Gasteiger partial charge >= 0.3 is 5.69 Å². The quantitative estimate of drug-likeness (QED) is 0.404. The highest BCUT2D eigenvalue weighted by Crippen LogP contribution is 2.37. The van der Waals surface area contributed by atoms with Crippen LogP contribution in [0.4, 0.5) is 5.95 Å². The highest BCUT2D eigenvalue weighted by Gasteiger charge is 2.28. The number of rotatable bonds is 3. The number of hydrogen-bond acceptors (Lipinski definition) is 6. The molecular weight excluding hydrogens is 456 g/mol. The van der Waals surface area contributed by atoms with Gasteiger partial charge in [-0.2, -0.15) is 11.8 Å². The Hall–Kier alpha value is -3.91. The molecule has 0 saturated heterocycles. The van der Waals surface area contributed by atoms with Crippen LogP contribution in [0.2, 0.25) is 0 Å². The fourth-order valence-corrected chi connectivity index (χ4v) is 6.04. The summed E-state index contributed by atoms with van der Waals surface area (Å²) in [4.78, 5) is 23.0. The number of nitrogens with zero attached hydrogens (tertiary/aromatic N) is 5. The summed E-state index contributed by atoms with van der Waals surface area (Å²) >= 11 is 1.80. The molecule has 0 saturated carbocycles. The number of nitrogen functional groups attached to an aromatic ring is 1. The van der Waals surface area contributed by atoms with E-state index in [0.29, 0.717) is 11.3 Å². The number of nitrogens with two attached hydrogens (primary N) is 1. The van der Waals surface area contributed by atoms with E-state index < -0.39 is 0 Å². The van der Waals surface area contributed by atoms with Crippen molar-refractivity contribution in [1.29, 1.82) is 0 Å². The maximum absolute atomic E-state index is 13.7. The molecule has 1 unspecified atom stereocenters. The molecule has 0 fully saturated rings. The molecule has 174 valence electrons. The van der Waals surface area contributed by atoms with Crippen molar-refractivity contribution in [3.8, 4) is 22.4 Å². The molecule has 5 aromatic rings. The van der Waals surface area contributed by atoms with Gasteiger partial charge in [0, 0.05) is 28.5 Å². The molecular formula is C27H24N6OS. The third-order valence-electron chi connectivity index (χ3n) is 6.38. The van der Waals surface area contributed by atoms with Gasteiger partial charge < -0.3 is 5.73 Å². The lowest BCUT2D eigenvalue weighted by atomic mass is 9.99. The Labute approximate surface area is 206 Å². The average Bonchev–Trinajstić information content (AvgIpc) is 3.20. The Morgan fingerprint density at radius 2 is 1.66 bits per heavy atom. The number of fused-ring (bicyclic) bond motifs is 2. The molecule has 8 heteroatoms. The molecule has 0 radical (unpaired) electrons. The molecule has 2 aromatic carbocycles. The number of benzene rings is 2. The SMILES string of the molecule is Cc1cc(-c2c(-c3ccccc3)nc(N)n3c(=O)n(C4CSCc5ccccc54)nc23)cc(C)n1. The van der Waals surface area contributed by atoms with E-state index >= 15 is 0 Å². The number of anilines is 1. The Morgan fingerprint density at radius 1 is 0.943 bits per heavy atom. The fraction of sp³-hybridized carbons (Fsp3) is 0.185. The standard InChI is InChI=1S/C27H24N6OS/c1-16-12-20(13-17(2)29-16)23-24(18-8-4-3-5-9-18)30-26(28)32-25(23)31-33(27(32)34)22-15-35-14-19-10-6-7-11-21(19)22/h3-13,22H,14-15H2,1-2H3,(H2,28,30). The minimum atomic E-state index is -0.282. The molecule has 0 spiro atoms. The van der Waals surface area contributed by atoms with Crippen LogP contribution in [0.1, 0.15) is 28.6 Å². The van der Waals surface area contributed by atoms with Crippen molar-refractivity contribution in [1.82, 2.24) is 24.1 Å². The van der Waals surface area contributed by atoms with E-state index in [-0.39, 0.29) is 17.7 Å². The largest absolute Gasteiger partial charge is 0.369 e. The van der Waals surface area contributed by atoms with Crippen LogP contribution in [0.5, 0.6) is 0 Å². The topological polar surface area (TPSA) is 91.1 Å². The second-order valence-corrected chi connectivity index (χ2v) is 9.84. The van der Waals surface area contributed by atoms with Gasteiger partial charge in [0.1, 0.15) is 0 Å². The van der Waals surface area contributed by atoms with Crippen molar-refractivity contribution >= 4 is 23.4 Å². The molecule has 7 nitrogen and oxygen atoms in total. The summed E-state index contributed by atoms with van der Waals surface area (Å²) in [6, 6.07) is 22.0. The van der Waals surface area contributed by atoms with Crippen molar-refractivity contribution in [2.75, 3.05) is 11.5 Å². The fourth-order valence-electron chi connectivity index (χ4n) is 4.89. The van der Waals surface area contributed by atoms with E-state index in [9.17, 15) is 4.79 Å². The van der Waals surface area contributed by atoms with E-state index in [1.807, 2.05) is 68.4 Å². The molecule has 1 atom stereocenters. The van der Waals surface area contributed by atoms with Gasteiger partial charge in [0.05, 0.1) is 17.3 Å². The predicted molar refractivity (Wildman–Crippen MR) is 141 cm³/mol. The third kappa shape index (κ3) is 3.61. The van der Waals surface area contributed by atoms with Gasteiger partial charge in [0.15, 0.2) is 5.65 Å². The second kappa shape index (κ2) is 8.39. The van der Waals surface area contributed by atoms with Crippen molar-refractivity contribution in [3.63, 3.8) is 0 Å². The minimum absolute atomic E-state index is 0.123. The van der Waals surface area contributed by atoms with Crippen molar-refractivity contribution in [3.05, 3.63) is 99.7 Å². The summed E-state index contributed by atoms with van der Waals surface area (Å²) in [5.41, 5.74) is 14.0. The van der Waals surface area contributed by atoms with Crippen LogP contribution in [0, 0.1) is 13.8 Å². The second-order valence-electron chi connectivity index (χ2n) is 8.81. The highest BCUT2D eigenvalue weighted by molar-refractivity contribution is 7.98. The van der Waals surface area contributed by atoms with Gasteiger partial charge in [0.2, 0.25) is 5.95 Å². The lowest BCUT2D eigenvalue weighted by molar-refractivity contribution is 0.545. The summed E-state index contributed by atoms with van der Waals surface area (Å²) in [6.45, 7) is 3.92. The van der Waals surface area contributed by atoms with Crippen LogP contribution in [0.3, 0.4) is 0 Å². The Morgan fingerprint density at radius 3 is 2.43 bits per heavy atom. The lowest BCUT2D eigenvalue weighted by Crippen LogP contribution is -2.30. The van der Waals surface area contributed by atoms with Gasteiger partial charge in [-0.15, -0.1) is 5.10 Å². The van der Waals surface area contributed by atoms with E-state index in [4.69, 9.17) is 15.8 Å². The minimum Gasteiger partial charge on any atom is -0.369 e. The molecule has 1 aliphatic heterocycles. The zero-order chi connectivity index (χ0) is 24.1. The maximum atomic E-state index is 13.7. The Balaban J connectivity index is 1.68. The predicted octanol–water partition coefficient (Wildman–Crippen LogP) is 4.66. The smallest absolute Gasteiger partial charge is 0.353 e. The molecule has 0 amide bonds. The van der Waals surface area contributed by atoms with Crippen LogP contribution in [0.15, 0.2) is 71.5 Å². The first-order valence-electron chi connectivity index (χ1n) is 11.5.